The van der Waals surface area contributed by atoms with Gasteiger partial charge >= 0.3 is 17.8 Å². The van der Waals surface area contributed by atoms with Crippen LogP contribution >= 0.6 is 0 Å². The van der Waals surface area contributed by atoms with Crippen LogP contribution in [-0.4, -0.2) is 37.7 Å². The highest BCUT2D eigenvalue weighted by Gasteiger charge is 2.14. The predicted octanol–water partition coefficient (Wildman–Crippen LogP) is 4.10. The molecule has 9 nitrogen and oxygen atoms in total. The highest BCUT2D eigenvalue weighted by atomic mass is 16.6. The molecular formula is C27H27N3O6. The molecular weight excluding hydrogens is 462 g/mol. The van der Waals surface area contributed by atoms with Crippen molar-refractivity contribution >= 4 is 29.7 Å². The second-order valence-electron chi connectivity index (χ2n) is 7.70. The van der Waals surface area contributed by atoms with Crippen molar-refractivity contribution in [3.63, 3.8) is 0 Å². The molecule has 0 fully saturated rings. The van der Waals surface area contributed by atoms with Crippen molar-refractivity contribution in [2.24, 2.45) is 5.10 Å². The molecule has 3 rings (SSSR count). The third kappa shape index (κ3) is 7.42. The Morgan fingerprint density at radius 1 is 0.944 bits per heavy atom. The number of methoxy groups -OCH3 is 1. The van der Waals surface area contributed by atoms with Gasteiger partial charge in [-0.05, 0) is 79.1 Å². The zero-order valence-electron chi connectivity index (χ0n) is 20.2. The lowest BCUT2D eigenvalue weighted by atomic mass is 10.2. The number of amides is 2. The molecule has 186 valence electrons. The normalized spacial score (nSPS) is 10.5. The van der Waals surface area contributed by atoms with Crippen LogP contribution in [0.3, 0.4) is 0 Å². The van der Waals surface area contributed by atoms with Crippen molar-refractivity contribution in [1.29, 1.82) is 0 Å². The van der Waals surface area contributed by atoms with Crippen LogP contribution < -0.4 is 25.0 Å². The number of nitrogens with zero attached hydrogens (tertiary/aromatic N) is 1. The van der Waals surface area contributed by atoms with Crippen LogP contribution in [0.15, 0.2) is 71.8 Å². The molecule has 3 aromatic rings. The monoisotopic (exact) mass is 489 g/mol. The van der Waals surface area contributed by atoms with Crippen LogP contribution in [0.5, 0.6) is 17.2 Å². The Morgan fingerprint density at radius 2 is 1.72 bits per heavy atom. The summed E-state index contributed by atoms with van der Waals surface area (Å²) in [4.78, 5) is 36.5. The minimum Gasteiger partial charge on any atom is -0.494 e. The van der Waals surface area contributed by atoms with Gasteiger partial charge in [-0.15, -0.1) is 0 Å². The van der Waals surface area contributed by atoms with Gasteiger partial charge in [0.15, 0.2) is 11.5 Å². The molecule has 0 aliphatic rings. The molecule has 36 heavy (non-hydrogen) atoms. The van der Waals surface area contributed by atoms with E-state index >= 15 is 0 Å². The lowest BCUT2D eigenvalue weighted by Gasteiger charge is -2.10. The van der Waals surface area contributed by atoms with E-state index in [0.717, 1.165) is 12.0 Å². The lowest BCUT2D eigenvalue weighted by Crippen LogP contribution is -2.32. The second-order valence-corrected chi connectivity index (χ2v) is 7.70. The maximum atomic E-state index is 12.5. The predicted molar refractivity (Wildman–Crippen MR) is 136 cm³/mol. The van der Waals surface area contributed by atoms with E-state index in [1.165, 1.54) is 13.3 Å². The zero-order chi connectivity index (χ0) is 25.9. The number of rotatable bonds is 9. The summed E-state index contributed by atoms with van der Waals surface area (Å²) in [6.45, 7) is 4.49. The Labute approximate surface area is 209 Å². The van der Waals surface area contributed by atoms with E-state index in [2.05, 4.69) is 15.8 Å². The first-order valence-electron chi connectivity index (χ1n) is 11.2. The topological polar surface area (TPSA) is 115 Å². The van der Waals surface area contributed by atoms with Gasteiger partial charge in [0, 0.05) is 5.69 Å². The van der Waals surface area contributed by atoms with Crippen molar-refractivity contribution in [1.82, 2.24) is 5.43 Å². The molecule has 9 heteroatoms. The molecule has 0 aliphatic heterocycles. The van der Waals surface area contributed by atoms with Crippen molar-refractivity contribution in [3.05, 3.63) is 83.4 Å². The van der Waals surface area contributed by atoms with Gasteiger partial charge in [0.05, 0.1) is 25.5 Å². The molecule has 0 saturated carbocycles. The second kappa shape index (κ2) is 12.7. The summed E-state index contributed by atoms with van der Waals surface area (Å²) in [7, 11) is 1.44. The number of anilines is 1. The van der Waals surface area contributed by atoms with Gasteiger partial charge in [-0.25, -0.2) is 10.2 Å². The average molecular weight is 490 g/mol. The van der Waals surface area contributed by atoms with E-state index in [1.807, 2.05) is 19.9 Å². The molecule has 3 aromatic carbocycles. The molecule has 0 aliphatic carbocycles. The van der Waals surface area contributed by atoms with Crippen LogP contribution in [0.1, 0.15) is 34.8 Å². The maximum Gasteiger partial charge on any atom is 0.343 e. The van der Waals surface area contributed by atoms with Crippen molar-refractivity contribution < 1.29 is 28.6 Å². The smallest absolute Gasteiger partial charge is 0.343 e. The first-order chi connectivity index (χ1) is 17.4. The summed E-state index contributed by atoms with van der Waals surface area (Å²) >= 11 is 0. The number of esters is 1. The van der Waals surface area contributed by atoms with Crippen LogP contribution in [0.4, 0.5) is 5.69 Å². The number of hydrogen-bond donors (Lipinski definition) is 2. The zero-order valence-corrected chi connectivity index (χ0v) is 20.2. The highest BCUT2D eigenvalue weighted by molar-refractivity contribution is 6.39. The standard InChI is InChI=1S/C27H27N3O6/c1-4-14-35-22-11-9-20(10-12-22)27(33)36-23-13-8-19(16-24(23)34-3)17-28-30-26(32)25(31)29-21-7-5-6-18(2)15-21/h5-13,15-17H,4,14H2,1-3H3,(H,29,31)(H,30,32)/b28-17+. The molecule has 0 saturated heterocycles. The van der Waals surface area contributed by atoms with Gasteiger partial charge in [-0.2, -0.15) is 5.10 Å². The molecule has 0 spiro atoms. The Bertz CT molecular complexity index is 1250. The largest absolute Gasteiger partial charge is 0.494 e. The molecule has 0 heterocycles. The number of ether oxygens (including phenoxy) is 3. The fraction of sp³-hybridized carbons (Fsp3) is 0.185. The number of hydrogen-bond acceptors (Lipinski definition) is 7. The maximum absolute atomic E-state index is 12.5. The summed E-state index contributed by atoms with van der Waals surface area (Å²) in [5, 5.41) is 6.30. The third-order valence-electron chi connectivity index (χ3n) is 4.82. The van der Waals surface area contributed by atoms with Gasteiger partial charge in [0.25, 0.3) is 0 Å². The molecule has 0 atom stereocenters. The van der Waals surface area contributed by atoms with E-state index in [0.29, 0.717) is 34.9 Å². The fourth-order valence-corrected chi connectivity index (χ4v) is 3.04. The fourth-order valence-electron chi connectivity index (χ4n) is 3.04. The van der Waals surface area contributed by atoms with Crippen molar-refractivity contribution in [2.75, 3.05) is 19.0 Å². The number of hydrazone groups is 1. The van der Waals surface area contributed by atoms with Gasteiger partial charge < -0.3 is 19.5 Å². The Kier molecular flexibility index (Phi) is 9.16. The van der Waals surface area contributed by atoms with Gasteiger partial charge in [0.2, 0.25) is 0 Å². The minimum atomic E-state index is -0.920. The van der Waals surface area contributed by atoms with E-state index in [9.17, 15) is 14.4 Å². The van der Waals surface area contributed by atoms with Crippen molar-refractivity contribution in [2.45, 2.75) is 20.3 Å². The summed E-state index contributed by atoms with van der Waals surface area (Å²) < 4.78 is 16.3. The number of carbonyl (C=O) groups is 3. The first-order valence-corrected chi connectivity index (χ1v) is 11.2. The minimum absolute atomic E-state index is 0.215. The number of carbonyl (C=O) groups excluding carboxylic acids is 3. The molecule has 0 bridgehead atoms. The molecule has 2 amide bonds. The summed E-state index contributed by atoms with van der Waals surface area (Å²) in [6, 6.07) is 18.5. The summed E-state index contributed by atoms with van der Waals surface area (Å²) in [5.74, 6) is -1.14. The quantitative estimate of drug-likeness (QED) is 0.154. The SMILES string of the molecule is CCCOc1ccc(C(=O)Oc2ccc(/C=N/NC(=O)C(=O)Nc3cccc(C)c3)cc2OC)cc1. The van der Waals surface area contributed by atoms with Crippen LogP contribution in [0.25, 0.3) is 0 Å². The first kappa shape index (κ1) is 26.0. The van der Waals surface area contributed by atoms with Gasteiger partial charge in [0.1, 0.15) is 5.75 Å². The molecule has 0 aromatic heterocycles. The molecule has 2 N–H and O–H groups in total. The van der Waals surface area contributed by atoms with Gasteiger partial charge in [-0.1, -0.05) is 19.1 Å². The van der Waals surface area contributed by atoms with Crippen LogP contribution in [-0.2, 0) is 9.59 Å². The Morgan fingerprint density at radius 3 is 2.42 bits per heavy atom. The summed E-state index contributed by atoms with van der Waals surface area (Å²) in [6.07, 6.45) is 2.22. The van der Waals surface area contributed by atoms with E-state index in [4.69, 9.17) is 14.2 Å². The molecule has 0 unspecified atom stereocenters. The van der Waals surface area contributed by atoms with Crippen LogP contribution in [0.2, 0.25) is 0 Å². The highest BCUT2D eigenvalue weighted by Crippen LogP contribution is 2.28. The Hall–Kier alpha value is -4.66. The van der Waals surface area contributed by atoms with E-state index in [1.54, 1.807) is 60.7 Å². The lowest BCUT2D eigenvalue weighted by molar-refractivity contribution is -0.136. The number of nitrogens with one attached hydrogen (secondary N) is 2. The number of benzene rings is 3. The summed E-state index contributed by atoms with van der Waals surface area (Å²) in [5.41, 5.74) is 4.53. The molecule has 0 radical (unpaired) electrons. The van der Waals surface area contributed by atoms with Gasteiger partial charge in [-0.3, -0.25) is 9.59 Å². The number of aryl methyl sites for hydroxylation is 1. The third-order valence-corrected chi connectivity index (χ3v) is 4.82. The van der Waals surface area contributed by atoms with E-state index < -0.39 is 17.8 Å². The Balaban J connectivity index is 1.58. The van der Waals surface area contributed by atoms with E-state index in [-0.39, 0.29) is 5.75 Å². The average Bonchev–Trinajstić information content (AvgIpc) is 2.88. The van der Waals surface area contributed by atoms with Crippen LogP contribution in [0, 0.1) is 6.92 Å². The van der Waals surface area contributed by atoms with Crippen molar-refractivity contribution in [3.8, 4) is 17.2 Å².